The van der Waals surface area contributed by atoms with Crippen molar-refractivity contribution in [3.05, 3.63) is 71.8 Å². The number of nitrogens with zero attached hydrogens (tertiary/aromatic N) is 3. The van der Waals surface area contributed by atoms with Crippen LogP contribution >= 0.6 is 0 Å². The van der Waals surface area contributed by atoms with Gasteiger partial charge in [0.2, 0.25) is 0 Å². The van der Waals surface area contributed by atoms with E-state index < -0.39 is 17.8 Å². The van der Waals surface area contributed by atoms with E-state index in [1.165, 1.54) is 6.07 Å². The zero-order valence-corrected chi connectivity index (χ0v) is 17.9. The number of halogens is 3. The molecular weight excluding hydrogens is 435 g/mol. The highest BCUT2D eigenvalue weighted by Crippen LogP contribution is 2.39. The summed E-state index contributed by atoms with van der Waals surface area (Å²) in [6, 6.07) is 10.4. The molecule has 2 heterocycles. The minimum atomic E-state index is -4.46. The molecule has 0 unspecified atom stereocenters. The van der Waals surface area contributed by atoms with Gasteiger partial charge in [-0.2, -0.15) is 13.2 Å². The van der Waals surface area contributed by atoms with Crippen molar-refractivity contribution in [2.75, 3.05) is 13.2 Å². The molecule has 0 saturated heterocycles. The summed E-state index contributed by atoms with van der Waals surface area (Å²) in [5.74, 6) is 1.21. The summed E-state index contributed by atoms with van der Waals surface area (Å²) in [5.41, 5.74) is 1.21. The number of benzene rings is 2. The minimum Gasteiger partial charge on any atom is -0.493 e. The summed E-state index contributed by atoms with van der Waals surface area (Å²) in [6.45, 7) is 2.86. The lowest BCUT2D eigenvalue weighted by molar-refractivity contribution is -0.137. The zero-order chi connectivity index (χ0) is 23.4. The number of carbonyl (C=O) groups is 1. The fraction of sp³-hybridized carbons (Fsp3) is 0.292. The molecule has 1 amide bonds. The molecule has 0 spiro atoms. The Morgan fingerprint density at radius 2 is 1.91 bits per heavy atom. The molecule has 0 fully saturated rings. The van der Waals surface area contributed by atoms with Crippen LogP contribution in [0.25, 0.3) is 11.1 Å². The second-order valence-electron chi connectivity index (χ2n) is 7.58. The van der Waals surface area contributed by atoms with E-state index >= 15 is 0 Å². The van der Waals surface area contributed by atoms with Crippen LogP contribution in [-0.4, -0.2) is 34.1 Å². The van der Waals surface area contributed by atoms with Crippen molar-refractivity contribution in [3.63, 3.8) is 0 Å². The lowest BCUT2D eigenvalue weighted by Crippen LogP contribution is -2.38. The third-order valence-electron chi connectivity index (χ3n) is 5.18. The van der Waals surface area contributed by atoms with Crippen molar-refractivity contribution in [3.8, 4) is 22.6 Å². The molecule has 6 nitrogen and oxygen atoms in total. The van der Waals surface area contributed by atoms with E-state index in [0.29, 0.717) is 55.2 Å². The summed E-state index contributed by atoms with van der Waals surface area (Å²) < 4.78 is 50.7. The van der Waals surface area contributed by atoms with E-state index in [4.69, 9.17) is 9.47 Å². The van der Waals surface area contributed by atoms with Crippen LogP contribution in [0.2, 0.25) is 0 Å². The van der Waals surface area contributed by atoms with Crippen LogP contribution in [0, 0.1) is 0 Å². The second kappa shape index (κ2) is 9.48. The van der Waals surface area contributed by atoms with Crippen LogP contribution in [0.5, 0.6) is 11.5 Å². The van der Waals surface area contributed by atoms with E-state index in [-0.39, 0.29) is 5.75 Å². The van der Waals surface area contributed by atoms with Gasteiger partial charge in [0.05, 0.1) is 18.7 Å². The van der Waals surface area contributed by atoms with Crippen LogP contribution in [-0.2, 0) is 19.1 Å². The summed E-state index contributed by atoms with van der Waals surface area (Å²) in [6.07, 6.45) is -0.515. The third-order valence-corrected chi connectivity index (χ3v) is 5.18. The zero-order valence-electron chi connectivity index (χ0n) is 17.9. The molecule has 4 rings (SSSR count). The van der Waals surface area contributed by atoms with Crippen molar-refractivity contribution in [2.24, 2.45) is 0 Å². The first-order chi connectivity index (χ1) is 15.8. The van der Waals surface area contributed by atoms with Crippen molar-refractivity contribution >= 4 is 6.09 Å². The van der Waals surface area contributed by atoms with Gasteiger partial charge in [0.1, 0.15) is 17.3 Å². The van der Waals surface area contributed by atoms with E-state index in [1.807, 2.05) is 13.0 Å². The monoisotopic (exact) mass is 457 g/mol. The van der Waals surface area contributed by atoms with E-state index in [9.17, 15) is 18.0 Å². The molecule has 3 aromatic rings. The van der Waals surface area contributed by atoms with Crippen molar-refractivity contribution < 1.29 is 27.4 Å². The predicted octanol–water partition coefficient (Wildman–Crippen LogP) is 5.51. The van der Waals surface area contributed by atoms with Gasteiger partial charge in [0.25, 0.3) is 0 Å². The molecule has 0 radical (unpaired) electrons. The standard InChI is InChI=1S/C24H22F3N3O3/c1-2-12-32-21-14-18(24(25,26)27)5-6-19(21)16-4-7-20-17(13-16)15-30(23(31)33-20)11-8-22-28-9-3-10-29-22/h3-7,9-10,13-14H,2,8,11-12,15H2,1H3. The maximum absolute atomic E-state index is 13.2. The Labute approximate surface area is 189 Å². The highest BCUT2D eigenvalue weighted by atomic mass is 19.4. The molecule has 2 aromatic carbocycles. The number of aromatic nitrogens is 2. The fourth-order valence-corrected chi connectivity index (χ4v) is 3.53. The first kappa shape index (κ1) is 22.6. The molecule has 1 aliphatic heterocycles. The number of fused-ring (bicyclic) bond motifs is 1. The summed E-state index contributed by atoms with van der Waals surface area (Å²) in [7, 11) is 0. The molecule has 0 N–H and O–H groups in total. The number of carbonyl (C=O) groups excluding carboxylic acids is 1. The fourth-order valence-electron chi connectivity index (χ4n) is 3.53. The topological polar surface area (TPSA) is 64.5 Å². The highest BCUT2D eigenvalue weighted by molar-refractivity contribution is 5.77. The highest BCUT2D eigenvalue weighted by Gasteiger charge is 2.32. The lowest BCUT2D eigenvalue weighted by atomic mass is 9.99. The van der Waals surface area contributed by atoms with Crippen molar-refractivity contribution in [1.29, 1.82) is 0 Å². The Morgan fingerprint density at radius 1 is 1.12 bits per heavy atom. The Kier molecular flexibility index (Phi) is 6.48. The third kappa shape index (κ3) is 5.24. The smallest absolute Gasteiger partial charge is 0.416 e. The van der Waals surface area contributed by atoms with E-state index in [2.05, 4.69) is 9.97 Å². The van der Waals surface area contributed by atoms with Crippen LogP contribution < -0.4 is 9.47 Å². The van der Waals surface area contributed by atoms with Gasteiger partial charge in [-0.05, 0) is 42.3 Å². The van der Waals surface area contributed by atoms with Crippen molar-refractivity contribution in [1.82, 2.24) is 14.9 Å². The SMILES string of the molecule is CCCOc1cc(C(F)(F)F)ccc1-c1ccc2c(c1)CN(CCc1ncccn1)C(=O)O2. The summed E-state index contributed by atoms with van der Waals surface area (Å²) in [4.78, 5) is 22.2. The number of hydrogen-bond acceptors (Lipinski definition) is 5. The molecule has 0 aliphatic carbocycles. The van der Waals surface area contributed by atoms with Gasteiger partial charge in [0.15, 0.2) is 0 Å². The van der Waals surface area contributed by atoms with Crippen LogP contribution in [0.4, 0.5) is 18.0 Å². The summed E-state index contributed by atoms with van der Waals surface area (Å²) in [5, 5.41) is 0. The number of amides is 1. The van der Waals surface area contributed by atoms with Crippen molar-refractivity contribution in [2.45, 2.75) is 32.5 Å². The molecule has 172 valence electrons. The van der Waals surface area contributed by atoms with Gasteiger partial charge in [0, 0.05) is 36.5 Å². The average Bonchev–Trinajstić information content (AvgIpc) is 2.81. The van der Waals surface area contributed by atoms with Crippen LogP contribution in [0.3, 0.4) is 0 Å². The molecule has 0 atom stereocenters. The Bertz CT molecular complexity index is 1140. The molecular formula is C24H22F3N3O3. The van der Waals surface area contributed by atoms with Gasteiger partial charge >= 0.3 is 12.3 Å². The molecule has 0 bridgehead atoms. The first-order valence-electron chi connectivity index (χ1n) is 10.5. The number of ether oxygens (including phenoxy) is 2. The van der Waals surface area contributed by atoms with Crippen LogP contribution in [0.15, 0.2) is 54.9 Å². The Morgan fingerprint density at radius 3 is 2.64 bits per heavy atom. The maximum atomic E-state index is 13.2. The number of hydrogen-bond donors (Lipinski definition) is 0. The molecule has 33 heavy (non-hydrogen) atoms. The Balaban J connectivity index is 1.59. The first-order valence-corrected chi connectivity index (χ1v) is 10.5. The van der Waals surface area contributed by atoms with E-state index in [0.717, 1.165) is 17.7 Å². The predicted molar refractivity (Wildman–Crippen MR) is 115 cm³/mol. The lowest BCUT2D eigenvalue weighted by Gasteiger charge is -2.28. The van der Waals surface area contributed by atoms with Gasteiger partial charge < -0.3 is 14.4 Å². The maximum Gasteiger partial charge on any atom is 0.416 e. The van der Waals surface area contributed by atoms with Gasteiger partial charge in [-0.25, -0.2) is 14.8 Å². The minimum absolute atomic E-state index is 0.164. The second-order valence-corrected chi connectivity index (χ2v) is 7.58. The molecule has 1 aromatic heterocycles. The van der Waals surface area contributed by atoms with Gasteiger partial charge in [-0.3, -0.25) is 0 Å². The summed E-state index contributed by atoms with van der Waals surface area (Å²) >= 11 is 0. The molecule has 1 aliphatic rings. The van der Waals surface area contributed by atoms with Crippen LogP contribution in [0.1, 0.15) is 30.3 Å². The van der Waals surface area contributed by atoms with E-state index in [1.54, 1.807) is 35.5 Å². The average molecular weight is 457 g/mol. The Hall–Kier alpha value is -3.62. The number of rotatable bonds is 7. The quantitative estimate of drug-likeness (QED) is 0.468. The van der Waals surface area contributed by atoms with Gasteiger partial charge in [-0.1, -0.05) is 19.1 Å². The van der Waals surface area contributed by atoms with Gasteiger partial charge in [-0.15, -0.1) is 0 Å². The normalized spacial score (nSPS) is 13.5. The largest absolute Gasteiger partial charge is 0.493 e. The molecule has 0 saturated carbocycles. The molecule has 9 heteroatoms. The number of alkyl halides is 3.